The van der Waals surface area contributed by atoms with Crippen LogP contribution in [-0.4, -0.2) is 20.6 Å². The minimum Gasteiger partial charge on any atom is -0.390 e. The summed E-state index contributed by atoms with van der Waals surface area (Å²) in [5.74, 6) is -0.385. The molecule has 1 atom stereocenters. The highest BCUT2D eigenvalue weighted by molar-refractivity contribution is 5.78. The van der Waals surface area contributed by atoms with Gasteiger partial charge in [0.25, 0.3) is 0 Å². The normalized spacial score (nSPS) is 12.8. The number of carbonyl (C=O) groups excluding carboxylic acids is 1. The molecule has 0 radical (unpaired) electrons. The molecule has 1 aromatic rings. The first-order valence-corrected chi connectivity index (χ1v) is 4.11. The Morgan fingerprint density at radius 3 is 2.92 bits per heavy atom. The average Bonchev–Trinajstić information content (AvgIpc) is 2.53. The summed E-state index contributed by atoms with van der Waals surface area (Å²) in [5.41, 5.74) is 5.72. The third-order valence-electron chi connectivity index (χ3n) is 1.89. The summed E-state index contributed by atoms with van der Waals surface area (Å²) in [6, 6.07) is -0.368. The van der Waals surface area contributed by atoms with E-state index in [1.54, 1.807) is 10.8 Å². The number of primary amides is 1. The zero-order valence-corrected chi connectivity index (χ0v) is 7.47. The van der Waals surface area contributed by atoms with Crippen LogP contribution in [0.2, 0.25) is 0 Å². The number of imidazole rings is 1. The second kappa shape index (κ2) is 4.04. The molecule has 0 saturated carbocycles. The topological polar surface area (TPSA) is 81.1 Å². The molecule has 0 aliphatic carbocycles. The molecular weight excluding hydrogens is 170 g/mol. The van der Waals surface area contributed by atoms with Crippen molar-refractivity contribution in [1.29, 1.82) is 0 Å². The molecule has 1 amide bonds. The van der Waals surface area contributed by atoms with E-state index in [1.807, 2.05) is 6.92 Å². The third kappa shape index (κ3) is 2.06. The van der Waals surface area contributed by atoms with Crippen molar-refractivity contribution in [2.24, 2.45) is 5.73 Å². The average molecular weight is 183 g/mol. The molecule has 5 nitrogen and oxygen atoms in total. The molecule has 13 heavy (non-hydrogen) atoms. The number of nitrogens with two attached hydrogens (primary N) is 1. The molecule has 5 heteroatoms. The fourth-order valence-electron chi connectivity index (χ4n) is 1.19. The quantitative estimate of drug-likeness (QED) is 0.679. The smallest absolute Gasteiger partial charge is 0.240 e. The Labute approximate surface area is 76.2 Å². The van der Waals surface area contributed by atoms with Crippen molar-refractivity contribution < 1.29 is 9.90 Å². The van der Waals surface area contributed by atoms with Gasteiger partial charge in [0.05, 0.1) is 18.6 Å². The lowest BCUT2D eigenvalue weighted by molar-refractivity contribution is -0.121. The largest absolute Gasteiger partial charge is 0.390 e. The van der Waals surface area contributed by atoms with Crippen molar-refractivity contribution in [3.05, 3.63) is 18.2 Å². The predicted octanol–water partition coefficient (Wildman–Crippen LogP) is -0.188. The lowest BCUT2D eigenvalue weighted by Crippen LogP contribution is -2.25. The maximum atomic E-state index is 10.9. The van der Waals surface area contributed by atoms with E-state index in [1.165, 1.54) is 6.33 Å². The molecule has 0 fully saturated rings. The fourth-order valence-corrected chi connectivity index (χ4v) is 1.19. The van der Waals surface area contributed by atoms with Crippen LogP contribution in [0.1, 0.15) is 25.1 Å². The highest BCUT2D eigenvalue weighted by atomic mass is 16.3. The van der Waals surface area contributed by atoms with Crippen molar-refractivity contribution in [3.8, 4) is 0 Å². The number of carbonyl (C=O) groups is 1. The summed E-state index contributed by atoms with van der Waals surface area (Å²) in [5, 5.41) is 8.75. The number of aliphatic hydroxyl groups is 1. The first-order valence-electron chi connectivity index (χ1n) is 4.11. The number of aromatic nitrogens is 2. The van der Waals surface area contributed by atoms with Gasteiger partial charge >= 0.3 is 0 Å². The van der Waals surface area contributed by atoms with Crippen LogP contribution >= 0.6 is 0 Å². The summed E-state index contributed by atoms with van der Waals surface area (Å²) in [6.07, 6.45) is 3.75. The van der Waals surface area contributed by atoms with Crippen molar-refractivity contribution in [2.75, 3.05) is 0 Å². The molecule has 1 heterocycles. The fraction of sp³-hybridized carbons (Fsp3) is 0.500. The summed E-state index contributed by atoms with van der Waals surface area (Å²) < 4.78 is 1.62. The lowest BCUT2D eigenvalue weighted by atomic mass is 10.2. The number of hydrogen-bond acceptors (Lipinski definition) is 3. The standard InChI is InChI=1S/C8H13N3O2/c1-2-7(8(9)13)11-3-6(4-12)10-5-11/h3,5,7,12H,2,4H2,1H3,(H2,9,13). The Bertz CT molecular complexity index is 295. The van der Waals surface area contributed by atoms with Gasteiger partial charge in [-0.2, -0.15) is 0 Å². The van der Waals surface area contributed by atoms with E-state index in [-0.39, 0.29) is 18.6 Å². The minimum atomic E-state index is -0.385. The van der Waals surface area contributed by atoms with Crippen LogP contribution in [0.4, 0.5) is 0 Å². The Kier molecular flexibility index (Phi) is 3.02. The molecular formula is C8H13N3O2. The Hall–Kier alpha value is -1.36. The predicted molar refractivity (Wildman–Crippen MR) is 46.7 cm³/mol. The maximum Gasteiger partial charge on any atom is 0.240 e. The van der Waals surface area contributed by atoms with Crippen molar-refractivity contribution >= 4 is 5.91 Å². The Balaban J connectivity index is 2.85. The molecule has 72 valence electrons. The number of hydrogen-bond donors (Lipinski definition) is 2. The van der Waals surface area contributed by atoms with Crippen molar-refractivity contribution in [2.45, 2.75) is 26.0 Å². The van der Waals surface area contributed by atoms with Crippen LogP contribution in [-0.2, 0) is 11.4 Å². The van der Waals surface area contributed by atoms with Crippen LogP contribution in [0, 0.1) is 0 Å². The second-order valence-electron chi connectivity index (χ2n) is 2.80. The van der Waals surface area contributed by atoms with Crippen molar-refractivity contribution in [3.63, 3.8) is 0 Å². The molecule has 0 aliphatic heterocycles. The SMILES string of the molecule is CCC(C(N)=O)n1cnc(CO)c1. The highest BCUT2D eigenvalue weighted by Gasteiger charge is 2.14. The first kappa shape index (κ1) is 9.73. The van der Waals surface area contributed by atoms with Gasteiger partial charge < -0.3 is 15.4 Å². The maximum absolute atomic E-state index is 10.9. The van der Waals surface area contributed by atoms with Gasteiger partial charge in [-0.3, -0.25) is 4.79 Å². The molecule has 0 aliphatic rings. The van der Waals surface area contributed by atoms with E-state index in [4.69, 9.17) is 10.8 Å². The van der Waals surface area contributed by atoms with Gasteiger partial charge in [-0.25, -0.2) is 4.98 Å². The zero-order chi connectivity index (χ0) is 9.84. The summed E-state index contributed by atoms with van der Waals surface area (Å²) in [7, 11) is 0. The van der Waals surface area contributed by atoms with E-state index >= 15 is 0 Å². The molecule has 0 saturated heterocycles. The summed E-state index contributed by atoms with van der Waals surface area (Å²) in [4.78, 5) is 14.8. The lowest BCUT2D eigenvalue weighted by Gasteiger charge is -2.11. The number of aliphatic hydroxyl groups excluding tert-OH is 1. The molecule has 3 N–H and O–H groups in total. The Morgan fingerprint density at radius 2 is 2.54 bits per heavy atom. The van der Waals surface area contributed by atoms with Gasteiger partial charge in [0.15, 0.2) is 0 Å². The Morgan fingerprint density at radius 1 is 1.85 bits per heavy atom. The molecule has 1 aromatic heterocycles. The van der Waals surface area contributed by atoms with Crippen LogP contribution in [0.3, 0.4) is 0 Å². The van der Waals surface area contributed by atoms with Crippen LogP contribution in [0.25, 0.3) is 0 Å². The number of nitrogens with zero attached hydrogens (tertiary/aromatic N) is 2. The van der Waals surface area contributed by atoms with Crippen LogP contribution in [0.5, 0.6) is 0 Å². The molecule has 0 spiro atoms. The van der Waals surface area contributed by atoms with Gasteiger partial charge in [0, 0.05) is 6.20 Å². The monoisotopic (exact) mass is 183 g/mol. The van der Waals surface area contributed by atoms with Gasteiger partial charge in [0.1, 0.15) is 6.04 Å². The zero-order valence-electron chi connectivity index (χ0n) is 7.47. The van der Waals surface area contributed by atoms with E-state index in [0.717, 1.165) is 0 Å². The van der Waals surface area contributed by atoms with E-state index in [2.05, 4.69) is 4.98 Å². The van der Waals surface area contributed by atoms with Crippen LogP contribution < -0.4 is 5.73 Å². The van der Waals surface area contributed by atoms with Gasteiger partial charge in [-0.05, 0) is 6.42 Å². The third-order valence-corrected chi connectivity index (χ3v) is 1.89. The first-order chi connectivity index (χ1) is 6.19. The van der Waals surface area contributed by atoms with E-state index < -0.39 is 0 Å². The second-order valence-corrected chi connectivity index (χ2v) is 2.80. The van der Waals surface area contributed by atoms with Gasteiger partial charge in [0.2, 0.25) is 5.91 Å². The molecule has 0 aromatic carbocycles. The molecule has 0 bridgehead atoms. The number of rotatable bonds is 4. The van der Waals surface area contributed by atoms with Gasteiger partial charge in [-0.15, -0.1) is 0 Å². The van der Waals surface area contributed by atoms with E-state index in [0.29, 0.717) is 12.1 Å². The molecule has 1 unspecified atom stereocenters. The summed E-state index contributed by atoms with van der Waals surface area (Å²) in [6.45, 7) is 1.75. The molecule has 1 rings (SSSR count). The summed E-state index contributed by atoms with van der Waals surface area (Å²) >= 11 is 0. The van der Waals surface area contributed by atoms with Gasteiger partial charge in [-0.1, -0.05) is 6.92 Å². The van der Waals surface area contributed by atoms with Crippen molar-refractivity contribution in [1.82, 2.24) is 9.55 Å². The van der Waals surface area contributed by atoms with Crippen LogP contribution in [0.15, 0.2) is 12.5 Å². The minimum absolute atomic E-state index is 0.123. The number of amides is 1. The highest BCUT2D eigenvalue weighted by Crippen LogP contribution is 2.10. The van der Waals surface area contributed by atoms with E-state index in [9.17, 15) is 4.79 Å².